The molecule has 0 bridgehead atoms. The third-order valence-electron chi connectivity index (χ3n) is 4.05. The highest BCUT2D eigenvalue weighted by Crippen LogP contribution is 2.25. The van der Waals surface area contributed by atoms with Gasteiger partial charge in [0, 0.05) is 6.42 Å². The summed E-state index contributed by atoms with van der Waals surface area (Å²) < 4.78 is 11.5. The molecule has 2 heteroatoms. The third kappa shape index (κ3) is 4.46. The highest BCUT2D eigenvalue weighted by molar-refractivity contribution is 5.30. The summed E-state index contributed by atoms with van der Waals surface area (Å²) in [6.45, 7) is 0.602. The molecule has 0 aromatic heterocycles. The van der Waals surface area contributed by atoms with Crippen LogP contribution in [0.4, 0.5) is 0 Å². The normalized spacial score (nSPS) is 11.9. The lowest BCUT2D eigenvalue weighted by molar-refractivity contribution is 0.0399. The van der Waals surface area contributed by atoms with Crippen molar-refractivity contribution in [3.63, 3.8) is 0 Å². The second kappa shape index (κ2) is 8.32. The standard InChI is InChI=1S/C22H22O2/c1-23-21-14-12-20(13-15-21)22(16-18-8-4-2-5-9-18)24-17-19-10-6-3-7-11-19/h2-15,22H,16-17H2,1H3. The van der Waals surface area contributed by atoms with Gasteiger partial charge >= 0.3 is 0 Å². The number of hydrogen-bond acceptors (Lipinski definition) is 2. The fraction of sp³-hybridized carbons (Fsp3) is 0.182. The Morgan fingerprint density at radius 2 is 1.29 bits per heavy atom. The van der Waals surface area contributed by atoms with Gasteiger partial charge < -0.3 is 9.47 Å². The Labute approximate surface area is 143 Å². The van der Waals surface area contributed by atoms with Crippen molar-refractivity contribution in [2.75, 3.05) is 7.11 Å². The van der Waals surface area contributed by atoms with Crippen molar-refractivity contribution in [1.29, 1.82) is 0 Å². The Balaban J connectivity index is 1.76. The Kier molecular flexibility index (Phi) is 5.65. The number of hydrogen-bond donors (Lipinski definition) is 0. The molecule has 1 atom stereocenters. The van der Waals surface area contributed by atoms with Crippen molar-refractivity contribution in [3.05, 3.63) is 102 Å². The zero-order valence-corrected chi connectivity index (χ0v) is 13.9. The second-order valence-electron chi connectivity index (χ2n) is 5.75. The zero-order valence-electron chi connectivity index (χ0n) is 13.9. The van der Waals surface area contributed by atoms with Crippen molar-refractivity contribution in [2.24, 2.45) is 0 Å². The van der Waals surface area contributed by atoms with E-state index in [2.05, 4.69) is 48.5 Å². The summed E-state index contributed by atoms with van der Waals surface area (Å²) in [6, 6.07) is 28.9. The molecule has 1 unspecified atom stereocenters. The lowest BCUT2D eigenvalue weighted by Crippen LogP contribution is -2.08. The largest absolute Gasteiger partial charge is 0.497 e. The first-order chi connectivity index (χ1) is 11.8. The molecule has 0 aliphatic heterocycles. The quantitative estimate of drug-likeness (QED) is 0.596. The predicted molar refractivity (Wildman–Crippen MR) is 97.1 cm³/mol. The summed E-state index contributed by atoms with van der Waals surface area (Å²) >= 11 is 0. The van der Waals surface area contributed by atoms with Crippen molar-refractivity contribution < 1.29 is 9.47 Å². The first kappa shape index (κ1) is 16.3. The van der Waals surface area contributed by atoms with Crippen molar-refractivity contribution >= 4 is 0 Å². The van der Waals surface area contributed by atoms with Crippen LogP contribution in [-0.4, -0.2) is 7.11 Å². The number of methoxy groups -OCH3 is 1. The summed E-state index contributed by atoms with van der Waals surface area (Å²) in [5.41, 5.74) is 3.62. The Bertz CT molecular complexity index is 721. The van der Waals surface area contributed by atoms with Crippen LogP contribution in [0.25, 0.3) is 0 Å². The van der Waals surface area contributed by atoms with Gasteiger partial charge in [0.2, 0.25) is 0 Å². The van der Waals surface area contributed by atoms with E-state index in [0.29, 0.717) is 6.61 Å². The molecule has 0 radical (unpaired) electrons. The van der Waals surface area contributed by atoms with Gasteiger partial charge in [-0.3, -0.25) is 0 Å². The van der Waals surface area contributed by atoms with E-state index in [9.17, 15) is 0 Å². The van der Waals surface area contributed by atoms with Crippen molar-refractivity contribution in [3.8, 4) is 5.75 Å². The van der Waals surface area contributed by atoms with Crippen LogP contribution in [0.2, 0.25) is 0 Å². The minimum Gasteiger partial charge on any atom is -0.497 e. The molecule has 0 saturated carbocycles. The lowest BCUT2D eigenvalue weighted by Gasteiger charge is -2.19. The SMILES string of the molecule is COc1ccc(C(Cc2ccccc2)OCc2ccccc2)cc1. The van der Waals surface area contributed by atoms with Gasteiger partial charge in [0.15, 0.2) is 0 Å². The highest BCUT2D eigenvalue weighted by atomic mass is 16.5. The first-order valence-corrected chi connectivity index (χ1v) is 8.18. The third-order valence-corrected chi connectivity index (χ3v) is 4.05. The monoisotopic (exact) mass is 318 g/mol. The van der Waals surface area contributed by atoms with Crippen LogP contribution in [0.1, 0.15) is 22.8 Å². The van der Waals surface area contributed by atoms with Gasteiger partial charge in [0.05, 0.1) is 19.8 Å². The minimum absolute atomic E-state index is 0.0125. The molecule has 0 saturated heterocycles. The van der Waals surface area contributed by atoms with E-state index >= 15 is 0 Å². The maximum Gasteiger partial charge on any atom is 0.118 e. The van der Waals surface area contributed by atoms with E-state index in [-0.39, 0.29) is 6.10 Å². The number of ether oxygens (including phenoxy) is 2. The lowest BCUT2D eigenvalue weighted by atomic mass is 10.0. The highest BCUT2D eigenvalue weighted by Gasteiger charge is 2.13. The number of benzene rings is 3. The van der Waals surface area contributed by atoms with Gasteiger partial charge in [0.1, 0.15) is 5.75 Å². The summed E-state index contributed by atoms with van der Waals surface area (Å²) in [5.74, 6) is 0.861. The van der Waals surface area contributed by atoms with E-state index in [0.717, 1.165) is 17.7 Å². The molecule has 0 spiro atoms. The Morgan fingerprint density at radius 1 is 0.708 bits per heavy atom. The van der Waals surface area contributed by atoms with Crippen LogP contribution in [0.15, 0.2) is 84.9 Å². The number of rotatable bonds is 7. The molecule has 0 fully saturated rings. The molecule has 0 amide bonds. The van der Waals surface area contributed by atoms with Gasteiger partial charge in [-0.25, -0.2) is 0 Å². The van der Waals surface area contributed by atoms with Crippen molar-refractivity contribution in [1.82, 2.24) is 0 Å². The van der Waals surface area contributed by atoms with Crippen LogP contribution in [0.5, 0.6) is 5.75 Å². The molecule has 24 heavy (non-hydrogen) atoms. The van der Waals surface area contributed by atoms with Crippen LogP contribution in [-0.2, 0) is 17.8 Å². The molecule has 0 N–H and O–H groups in total. The van der Waals surface area contributed by atoms with Gasteiger partial charge in [-0.05, 0) is 28.8 Å². The topological polar surface area (TPSA) is 18.5 Å². The van der Waals surface area contributed by atoms with E-state index in [1.165, 1.54) is 11.1 Å². The second-order valence-corrected chi connectivity index (χ2v) is 5.75. The molecule has 0 aliphatic rings. The van der Waals surface area contributed by atoms with E-state index in [4.69, 9.17) is 9.47 Å². The average molecular weight is 318 g/mol. The van der Waals surface area contributed by atoms with Gasteiger partial charge in [-0.2, -0.15) is 0 Å². The molecule has 3 aromatic carbocycles. The van der Waals surface area contributed by atoms with Crippen molar-refractivity contribution in [2.45, 2.75) is 19.1 Å². The fourth-order valence-corrected chi connectivity index (χ4v) is 2.69. The fourth-order valence-electron chi connectivity index (χ4n) is 2.69. The van der Waals surface area contributed by atoms with Crippen LogP contribution < -0.4 is 4.74 Å². The minimum atomic E-state index is 0.0125. The molecule has 122 valence electrons. The Morgan fingerprint density at radius 3 is 1.88 bits per heavy atom. The molecule has 3 rings (SSSR count). The van der Waals surface area contributed by atoms with E-state index in [1.807, 2.05) is 36.4 Å². The summed E-state index contributed by atoms with van der Waals surface area (Å²) in [7, 11) is 1.68. The molecule has 3 aromatic rings. The average Bonchev–Trinajstić information content (AvgIpc) is 2.67. The van der Waals surface area contributed by atoms with E-state index < -0.39 is 0 Å². The van der Waals surface area contributed by atoms with Gasteiger partial charge in [0.25, 0.3) is 0 Å². The smallest absolute Gasteiger partial charge is 0.118 e. The molecular formula is C22H22O2. The van der Waals surface area contributed by atoms with Crippen LogP contribution in [0.3, 0.4) is 0 Å². The van der Waals surface area contributed by atoms with Gasteiger partial charge in [-0.15, -0.1) is 0 Å². The molecule has 0 aliphatic carbocycles. The molecular weight excluding hydrogens is 296 g/mol. The summed E-state index contributed by atoms with van der Waals surface area (Å²) in [5, 5.41) is 0. The Hall–Kier alpha value is -2.58. The van der Waals surface area contributed by atoms with Crippen LogP contribution >= 0.6 is 0 Å². The maximum absolute atomic E-state index is 6.25. The summed E-state index contributed by atoms with van der Waals surface area (Å²) in [4.78, 5) is 0. The maximum atomic E-state index is 6.25. The zero-order chi connectivity index (χ0) is 16.6. The first-order valence-electron chi connectivity index (χ1n) is 8.18. The predicted octanol–water partition coefficient (Wildman–Crippen LogP) is 5.20. The van der Waals surface area contributed by atoms with E-state index in [1.54, 1.807) is 7.11 Å². The summed E-state index contributed by atoms with van der Waals surface area (Å²) in [6.07, 6.45) is 0.860. The molecule has 2 nitrogen and oxygen atoms in total. The molecule has 0 heterocycles. The van der Waals surface area contributed by atoms with Gasteiger partial charge in [-0.1, -0.05) is 72.8 Å². The van der Waals surface area contributed by atoms with Crippen LogP contribution in [0, 0.1) is 0 Å².